The first-order valence-corrected chi connectivity index (χ1v) is 8.48. The summed E-state index contributed by atoms with van der Waals surface area (Å²) < 4.78 is 0. The number of aromatic hydroxyl groups is 1. The molecule has 2 heterocycles. The Kier molecular flexibility index (Phi) is 4.67. The van der Waals surface area contributed by atoms with E-state index in [1.54, 1.807) is 12.1 Å². The number of carbonyl (C=O) groups excluding carboxylic acids is 1. The standard InChI is InChI=1S/C18H26N2O2/c1-14-7-8-16(17(21)12-14)18(22)20-11-3-2-6-15(20)13-19-9-4-5-10-19/h7-8,12,15,21H,2-6,9-11,13H2,1H3/t15-/m1/s1. The lowest BCUT2D eigenvalue weighted by Gasteiger charge is -2.38. The van der Waals surface area contributed by atoms with E-state index in [0.717, 1.165) is 44.6 Å². The smallest absolute Gasteiger partial charge is 0.257 e. The van der Waals surface area contributed by atoms with Crippen molar-refractivity contribution in [3.8, 4) is 5.75 Å². The van der Waals surface area contributed by atoms with Crippen LogP contribution in [0, 0.1) is 6.92 Å². The van der Waals surface area contributed by atoms with Crippen LogP contribution in [0.3, 0.4) is 0 Å². The zero-order valence-corrected chi connectivity index (χ0v) is 13.4. The molecule has 0 radical (unpaired) electrons. The van der Waals surface area contributed by atoms with Crippen LogP contribution >= 0.6 is 0 Å². The molecule has 4 nitrogen and oxygen atoms in total. The lowest BCUT2D eigenvalue weighted by Crippen LogP contribution is -2.49. The highest BCUT2D eigenvalue weighted by molar-refractivity contribution is 5.97. The van der Waals surface area contributed by atoms with Crippen molar-refractivity contribution in [1.82, 2.24) is 9.80 Å². The predicted octanol–water partition coefficient (Wildman–Crippen LogP) is 2.79. The number of phenols is 1. The van der Waals surface area contributed by atoms with E-state index in [4.69, 9.17) is 0 Å². The minimum Gasteiger partial charge on any atom is -0.507 e. The second kappa shape index (κ2) is 6.69. The highest BCUT2D eigenvalue weighted by atomic mass is 16.3. The van der Waals surface area contributed by atoms with Gasteiger partial charge in [-0.2, -0.15) is 0 Å². The van der Waals surface area contributed by atoms with Gasteiger partial charge in [0.05, 0.1) is 5.56 Å². The average Bonchev–Trinajstić information content (AvgIpc) is 3.00. The lowest BCUT2D eigenvalue weighted by atomic mass is 9.99. The molecule has 0 aliphatic carbocycles. The Labute approximate surface area is 132 Å². The summed E-state index contributed by atoms with van der Waals surface area (Å²) in [6, 6.07) is 5.62. The zero-order chi connectivity index (χ0) is 15.5. The Morgan fingerprint density at radius 2 is 1.91 bits per heavy atom. The number of hydrogen-bond donors (Lipinski definition) is 1. The fourth-order valence-electron chi connectivity index (χ4n) is 3.70. The number of rotatable bonds is 3. The normalized spacial score (nSPS) is 23.0. The molecule has 0 aromatic heterocycles. The molecule has 120 valence electrons. The summed E-state index contributed by atoms with van der Waals surface area (Å²) in [6.07, 6.45) is 5.89. The molecule has 22 heavy (non-hydrogen) atoms. The largest absolute Gasteiger partial charge is 0.507 e. The first-order chi connectivity index (χ1) is 10.6. The van der Waals surface area contributed by atoms with Crippen LogP contribution in [0.4, 0.5) is 0 Å². The Hall–Kier alpha value is -1.55. The van der Waals surface area contributed by atoms with E-state index >= 15 is 0 Å². The second-order valence-electron chi connectivity index (χ2n) is 6.68. The van der Waals surface area contributed by atoms with E-state index < -0.39 is 0 Å². The van der Waals surface area contributed by atoms with Gasteiger partial charge in [-0.3, -0.25) is 4.79 Å². The number of likely N-dealkylation sites (tertiary alicyclic amines) is 2. The molecule has 0 saturated carbocycles. The van der Waals surface area contributed by atoms with Gasteiger partial charge in [0.1, 0.15) is 5.75 Å². The molecule has 0 unspecified atom stereocenters. The van der Waals surface area contributed by atoms with Gasteiger partial charge in [0.25, 0.3) is 5.91 Å². The number of phenolic OH excluding ortho intramolecular Hbond substituents is 1. The zero-order valence-electron chi connectivity index (χ0n) is 13.4. The van der Waals surface area contributed by atoms with Crippen LogP contribution in [0.15, 0.2) is 18.2 Å². The molecule has 2 saturated heterocycles. The summed E-state index contributed by atoms with van der Waals surface area (Å²) in [5.41, 5.74) is 1.42. The molecule has 4 heteroatoms. The van der Waals surface area contributed by atoms with Gasteiger partial charge in [0.2, 0.25) is 0 Å². The number of piperidine rings is 1. The quantitative estimate of drug-likeness (QED) is 0.933. The maximum absolute atomic E-state index is 12.9. The molecule has 0 bridgehead atoms. The first-order valence-electron chi connectivity index (χ1n) is 8.48. The number of amides is 1. The van der Waals surface area contributed by atoms with Crippen molar-refractivity contribution < 1.29 is 9.90 Å². The van der Waals surface area contributed by atoms with Crippen molar-refractivity contribution in [3.05, 3.63) is 29.3 Å². The summed E-state index contributed by atoms with van der Waals surface area (Å²) in [5, 5.41) is 10.1. The van der Waals surface area contributed by atoms with Crippen LogP contribution in [0.2, 0.25) is 0 Å². The minimum absolute atomic E-state index is 0.0126. The Balaban J connectivity index is 1.75. The molecular formula is C18H26N2O2. The number of hydrogen-bond acceptors (Lipinski definition) is 3. The van der Waals surface area contributed by atoms with E-state index in [1.807, 2.05) is 17.9 Å². The van der Waals surface area contributed by atoms with E-state index in [0.29, 0.717) is 11.6 Å². The summed E-state index contributed by atoms with van der Waals surface area (Å²) in [7, 11) is 0. The molecule has 2 aliphatic rings. The van der Waals surface area contributed by atoms with Gasteiger partial charge in [-0.15, -0.1) is 0 Å². The van der Waals surface area contributed by atoms with Gasteiger partial charge in [-0.05, 0) is 69.8 Å². The molecule has 2 fully saturated rings. The maximum Gasteiger partial charge on any atom is 0.257 e. The van der Waals surface area contributed by atoms with Crippen molar-refractivity contribution in [2.24, 2.45) is 0 Å². The highest BCUT2D eigenvalue weighted by Crippen LogP contribution is 2.26. The molecule has 1 aromatic carbocycles. The van der Waals surface area contributed by atoms with Crippen LogP contribution in [0.1, 0.15) is 48.0 Å². The van der Waals surface area contributed by atoms with Crippen LogP contribution in [-0.4, -0.2) is 53.0 Å². The summed E-state index contributed by atoms with van der Waals surface area (Å²) in [5.74, 6) is 0.0943. The monoisotopic (exact) mass is 302 g/mol. The van der Waals surface area contributed by atoms with Gasteiger partial charge < -0.3 is 14.9 Å². The van der Waals surface area contributed by atoms with Gasteiger partial charge in [0.15, 0.2) is 0 Å². The first kappa shape index (κ1) is 15.3. The van der Waals surface area contributed by atoms with Crippen LogP contribution in [0.25, 0.3) is 0 Å². The van der Waals surface area contributed by atoms with Crippen LogP contribution in [-0.2, 0) is 0 Å². The third-order valence-electron chi connectivity index (χ3n) is 4.94. The van der Waals surface area contributed by atoms with Crippen molar-refractivity contribution in [1.29, 1.82) is 0 Å². The fourth-order valence-corrected chi connectivity index (χ4v) is 3.70. The van der Waals surface area contributed by atoms with Gasteiger partial charge in [-0.25, -0.2) is 0 Å². The molecule has 2 aliphatic heterocycles. The molecule has 3 rings (SSSR count). The van der Waals surface area contributed by atoms with Gasteiger partial charge >= 0.3 is 0 Å². The second-order valence-corrected chi connectivity index (χ2v) is 6.68. The Morgan fingerprint density at radius 3 is 2.64 bits per heavy atom. The van der Waals surface area contributed by atoms with Crippen molar-refractivity contribution in [3.63, 3.8) is 0 Å². The molecule has 1 N–H and O–H groups in total. The molecule has 1 amide bonds. The summed E-state index contributed by atoms with van der Waals surface area (Å²) >= 11 is 0. The van der Waals surface area contributed by atoms with Crippen LogP contribution < -0.4 is 0 Å². The molecular weight excluding hydrogens is 276 g/mol. The van der Waals surface area contributed by atoms with Crippen molar-refractivity contribution in [2.75, 3.05) is 26.2 Å². The highest BCUT2D eigenvalue weighted by Gasteiger charge is 2.30. The number of benzene rings is 1. The average molecular weight is 302 g/mol. The van der Waals surface area contributed by atoms with Gasteiger partial charge in [0, 0.05) is 19.1 Å². The Morgan fingerprint density at radius 1 is 1.18 bits per heavy atom. The molecule has 1 aromatic rings. The van der Waals surface area contributed by atoms with E-state index in [1.165, 1.54) is 19.3 Å². The third kappa shape index (κ3) is 3.27. The molecule has 1 atom stereocenters. The summed E-state index contributed by atoms with van der Waals surface area (Å²) in [4.78, 5) is 17.3. The lowest BCUT2D eigenvalue weighted by molar-refractivity contribution is 0.0557. The Bertz CT molecular complexity index is 538. The molecule has 0 spiro atoms. The maximum atomic E-state index is 12.9. The fraction of sp³-hybridized carbons (Fsp3) is 0.611. The SMILES string of the molecule is Cc1ccc(C(=O)N2CCCC[C@@H]2CN2CCCC2)c(O)c1. The number of aryl methyl sites for hydroxylation is 1. The third-order valence-corrected chi connectivity index (χ3v) is 4.94. The minimum atomic E-state index is -0.0126. The van der Waals surface area contributed by atoms with Gasteiger partial charge in [-0.1, -0.05) is 6.07 Å². The van der Waals surface area contributed by atoms with Crippen molar-refractivity contribution >= 4 is 5.91 Å². The van der Waals surface area contributed by atoms with E-state index in [9.17, 15) is 9.90 Å². The van der Waals surface area contributed by atoms with Crippen LogP contribution in [0.5, 0.6) is 5.75 Å². The predicted molar refractivity (Wildman–Crippen MR) is 87.2 cm³/mol. The van der Waals surface area contributed by atoms with Crippen molar-refractivity contribution in [2.45, 2.75) is 45.1 Å². The summed E-state index contributed by atoms with van der Waals surface area (Å²) in [6.45, 7) is 6.04. The number of carbonyl (C=O) groups is 1. The van der Waals surface area contributed by atoms with E-state index in [2.05, 4.69) is 4.90 Å². The number of nitrogens with zero attached hydrogens (tertiary/aromatic N) is 2. The van der Waals surface area contributed by atoms with E-state index in [-0.39, 0.29) is 11.7 Å². The topological polar surface area (TPSA) is 43.8 Å².